The lowest BCUT2D eigenvalue weighted by Crippen LogP contribution is -1.98. The Morgan fingerprint density at radius 2 is 1.69 bits per heavy atom. The van der Waals surface area contributed by atoms with E-state index in [0.717, 1.165) is 12.5 Å². The van der Waals surface area contributed by atoms with E-state index in [4.69, 9.17) is 0 Å². The molecule has 0 bridgehead atoms. The molecule has 0 heterocycles. The number of benzene rings is 1. The van der Waals surface area contributed by atoms with Crippen LogP contribution in [-0.2, 0) is 13.0 Å². The van der Waals surface area contributed by atoms with E-state index >= 15 is 0 Å². The fourth-order valence-corrected chi connectivity index (χ4v) is 1.62. The average molecular weight is 195 g/mol. The maximum absolute atomic E-state index is 3.06. The van der Waals surface area contributed by atoms with Crippen LogP contribution in [0.1, 0.15) is 25.0 Å². The van der Waals surface area contributed by atoms with Gasteiger partial charge in [0.1, 0.15) is 0 Å². The third kappa shape index (κ3) is 3.89. The van der Waals surface area contributed by atoms with E-state index in [2.05, 4.69) is 52.6 Å². The van der Waals surface area contributed by atoms with Crippen molar-refractivity contribution in [1.82, 2.24) is 5.09 Å². The summed E-state index contributed by atoms with van der Waals surface area (Å²) in [5, 5.41) is 3.06. The van der Waals surface area contributed by atoms with Crippen LogP contribution in [0.4, 0.5) is 0 Å². The van der Waals surface area contributed by atoms with E-state index in [1.54, 1.807) is 0 Å². The molecule has 0 fully saturated rings. The summed E-state index contributed by atoms with van der Waals surface area (Å²) in [5.74, 6) is 0.741. The molecule has 1 atom stereocenters. The molecule has 0 aliphatic rings. The highest BCUT2D eigenvalue weighted by molar-refractivity contribution is 7.13. The average Bonchev–Trinajstić information content (AvgIpc) is 2.08. The summed E-state index contributed by atoms with van der Waals surface area (Å²) in [6, 6.07) is 8.82. The molecule has 1 unspecified atom stereocenters. The van der Waals surface area contributed by atoms with E-state index in [0.29, 0.717) is 0 Å². The number of nitrogens with one attached hydrogen (secondary N) is 1. The number of hydrogen-bond acceptors (Lipinski definition) is 1. The van der Waals surface area contributed by atoms with Crippen LogP contribution in [0, 0.1) is 5.92 Å². The molecule has 0 spiro atoms. The van der Waals surface area contributed by atoms with Crippen LogP contribution in [0.2, 0.25) is 0 Å². The van der Waals surface area contributed by atoms with Gasteiger partial charge in [0.15, 0.2) is 0 Å². The molecule has 0 radical (unpaired) electrons. The predicted octanol–water partition coefficient (Wildman–Crippen LogP) is 2.76. The topological polar surface area (TPSA) is 12.0 Å². The summed E-state index contributed by atoms with van der Waals surface area (Å²) >= 11 is 0. The molecule has 0 saturated carbocycles. The van der Waals surface area contributed by atoms with Gasteiger partial charge in [-0.3, -0.25) is 5.09 Å². The lowest BCUT2D eigenvalue weighted by molar-refractivity contribution is 0.647. The lowest BCUT2D eigenvalue weighted by Gasteiger charge is -2.05. The Kier molecular flexibility index (Phi) is 4.41. The first kappa shape index (κ1) is 10.7. The lowest BCUT2D eigenvalue weighted by atomic mass is 10.0. The van der Waals surface area contributed by atoms with Crippen molar-refractivity contribution in [3.05, 3.63) is 35.4 Å². The van der Waals surface area contributed by atoms with Crippen LogP contribution in [0.15, 0.2) is 24.3 Å². The molecule has 1 nitrogen and oxygen atoms in total. The quantitative estimate of drug-likeness (QED) is 0.728. The molecule has 1 aromatic rings. The molecular weight excluding hydrogens is 177 g/mol. The normalized spacial score (nSPS) is 10.8. The van der Waals surface area contributed by atoms with Gasteiger partial charge < -0.3 is 0 Å². The Hall–Kier alpha value is -0.390. The Morgan fingerprint density at radius 3 is 2.15 bits per heavy atom. The maximum atomic E-state index is 3.06. The summed E-state index contributed by atoms with van der Waals surface area (Å²) < 4.78 is 0. The van der Waals surface area contributed by atoms with Crippen LogP contribution < -0.4 is 5.09 Å². The minimum Gasteiger partial charge on any atom is -0.296 e. The van der Waals surface area contributed by atoms with E-state index < -0.39 is 0 Å². The Bertz CT molecular complexity index is 241. The highest BCUT2D eigenvalue weighted by Crippen LogP contribution is 2.09. The van der Waals surface area contributed by atoms with Crippen molar-refractivity contribution in [2.45, 2.75) is 26.8 Å². The van der Waals surface area contributed by atoms with E-state index in [1.165, 1.54) is 17.5 Å². The zero-order valence-corrected chi connectivity index (χ0v) is 9.53. The monoisotopic (exact) mass is 195 g/mol. The second-order valence-corrected chi connectivity index (χ2v) is 4.20. The number of rotatable bonds is 4. The van der Waals surface area contributed by atoms with Crippen molar-refractivity contribution < 1.29 is 0 Å². The summed E-state index contributed by atoms with van der Waals surface area (Å²) in [4.78, 5) is 0. The van der Waals surface area contributed by atoms with E-state index in [9.17, 15) is 0 Å². The minimum atomic E-state index is 0.741. The first-order chi connectivity index (χ1) is 6.22. The molecule has 1 rings (SSSR count). The van der Waals surface area contributed by atoms with Gasteiger partial charge in [-0.1, -0.05) is 47.5 Å². The molecule has 0 aliphatic heterocycles. The Labute approximate surface area is 83.2 Å². The third-order valence-electron chi connectivity index (χ3n) is 1.97. The predicted molar refractivity (Wildman–Crippen MR) is 61.5 cm³/mol. The van der Waals surface area contributed by atoms with Gasteiger partial charge in [0.2, 0.25) is 0 Å². The van der Waals surface area contributed by atoms with Gasteiger partial charge in [-0.15, -0.1) is 0 Å². The zero-order chi connectivity index (χ0) is 9.68. The van der Waals surface area contributed by atoms with Crippen molar-refractivity contribution in [3.63, 3.8) is 0 Å². The smallest absolute Gasteiger partial charge is 0.0237 e. The molecule has 72 valence electrons. The van der Waals surface area contributed by atoms with Gasteiger partial charge in [0.25, 0.3) is 0 Å². The third-order valence-corrected chi connectivity index (χ3v) is 2.18. The van der Waals surface area contributed by atoms with Gasteiger partial charge in [-0.05, 0) is 23.5 Å². The fourth-order valence-electron chi connectivity index (χ4n) is 1.38. The Morgan fingerprint density at radius 1 is 1.15 bits per heavy atom. The molecular formula is C11H18NP. The van der Waals surface area contributed by atoms with E-state index in [-0.39, 0.29) is 0 Å². The van der Waals surface area contributed by atoms with Crippen molar-refractivity contribution in [2.24, 2.45) is 5.92 Å². The zero-order valence-electron chi connectivity index (χ0n) is 8.38. The van der Waals surface area contributed by atoms with Crippen molar-refractivity contribution in [1.29, 1.82) is 0 Å². The maximum Gasteiger partial charge on any atom is 0.0237 e. The fraction of sp³-hybridized carbons (Fsp3) is 0.455. The van der Waals surface area contributed by atoms with Gasteiger partial charge in [-0.25, -0.2) is 0 Å². The summed E-state index contributed by atoms with van der Waals surface area (Å²) in [5.41, 5.74) is 2.77. The number of hydrogen-bond donors (Lipinski definition) is 1. The standard InChI is InChI=1S/C11H18NP/c1-9(2)7-10-3-5-11(6-4-10)8-12-13/h3-6,9,12H,7-8,13H2,1-2H3. The van der Waals surface area contributed by atoms with Gasteiger partial charge in [0, 0.05) is 6.54 Å². The molecule has 2 heteroatoms. The van der Waals surface area contributed by atoms with E-state index in [1.807, 2.05) is 0 Å². The minimum absolute atomic E-state index is 0.741. The first-order valence-electron chi connectivity index (χ1n) is 4.73. The molecule has 0 amide bonds. The van der Waals surface area contributed by atoms with Crippen LogP contribution >= 0.6 is 9.39 Å². The van der Waals surface area contributed by atoms with Crippen LogP contribution in [-0.4, -0.2) is 0 Å². The van der Waals surface area contributed by atoms with Gasteiger partial charge in [0.05, 0.1) is 0 Å². The highest BCUT2D eigenvalue weighted by atomic mass is 31.0. The molecule has 0 saturated heterocycles. The van der Waals surface area contributed by atoms with Gasteiger partial charge in [-0.2, -0.15) is 0 Å². The summed E-state index contributed by atoms with van der Waals surface area (Å²) in [6.45, 7) is 5.42. The van der Waals surface area contributed by atoms with Crippen molar-refractivity contribution in [3.8, 4) is 0 Å². The van der Waals surface area contributed by atoms with Crippen LogP contribution in [0.25, 0.3) is 0 Å². The van der Waals surface area contributed by atoms with Gasteiger partial charge >= 0.3 is 0 Å². The summed E-state index contributed by atoms with van der Waals surface area (Å²) in [6.07, 6.45) is 1.18. The molecule has 1 aromatic carbocycles. The molecule has 0 aromatic heterocycles. The second kappa shape index (κ2) is 5.36. The summed E-state index contributed by atoms with van der Waals surface area (Å²) in [7, 11) is 2.52. The van der Waals surface area contributed by atoms with Crippen LogP contribution in [0.3, 0.4) is 0 Å². The molecule has 1 N–H and O–H groups in total. The highest BCUT2D eigenvalue weighted by Gasteiger charge is 1.97. The first-order valence-corrected chi connectivity index (χ1v) is 5.31. The van der Waals surface area contributed by atoms with Crippen molar-refractivity contribution in [2.75, 3.05) is 0 Å². The molecule has 0 aliphatic carbocycles. The van der Waals surface area contributed by atoms with Crippen molar-refractivity contribution >= 4 is 9.39 Å². The SMILES string of the molecule is CC(C)Cc1ccc(CNP)cc1. The largest absolute Gasteiger partial charge is 0.296 e. The second-order valence-electron chi connectivity index (χ2n) is 3.80. The molecule has 13 heavy (non-hydrogen) atoms. The van der Waals surface area contributed by atoms with Crippen LogP contribution in [0.5, 0.6) is 0 Å². The Balaban J connectivity index is 2.59.